The average Bonchev–Trinajstić information content (AvgIpc) is 3.23. The smallest absolute Gasteiger partial charge is 0.276 e. The van der Waals surface area contributed by atoms with Gasteiger partial charge in [-0.1, -0.05) is 6.07 Å². The summed E-state index contributed by atoms with van der Waals surface area (Å²) in [6.07, 6.45) is 3.67. The summed E-state index contributed by atoms with van der Waals surface area (Å²) in [5.41, 5.74) is 1.84. The third-order valence-corrected chi connectivity index (χ3v) is 3.70. The van der Waals surface area contributed by atoms with Gasteiger partial charge in [-0.15, -0.1) is 0 Å². The highest BCUT2D eigenvalue weighted by molar-refractivity contribution is 6.02. The highest BCUT2D eigenvalue weighted by Crippen LogP contribution is 2.15. The molecule has 0 spiro atoms. The lowest BCUT2D eigenvalue weighted by Crippen LogP contribution is -2.13. The molecule has 4 aromatic rings. The Balaban J connectivity index is 1.60. The van der Waals surface area contributed by atoms with E-state index in [-0.39, 0.29) is 17.4 Å². The van der Waals surface area contributed by atoms with Crippen molar-refractivity contribution in [2.75, 3.05) is 5.32 Å². The molecule has 0 radical (unpaired) electrons. The Kier molecular flexibility index (Phi) is 3.35. The van der Waals surface area contributed by atoms with Crippen LogP contribution in [-0.4, -0.2) is 20.1 Å². The molecule has 4 rings (SSSR count). The van der Waals surface area contributed by atoms with Gasteiger partial charge in [-0.25, -0.2) is 9.07 Å². The van der Waals surface area contributed by atoms with Gasteiger partial charge in [0, 0.05) is 23.6 Å². The van der Waals surface area contributed by atoms with Crippen LogP contribution in [0.5, 0.6) is 0 Å². The molecule has 0 aliphatic rings. The van der Waals surface area contributed by atoms with E-state index in [0.29, 0.717) is 5.69 Å². The number of hydrogen-bond acceptors (Lipinski definition) is 2. The third-order valence-electron chi connectivity index (χ3n) is 3.70. The van der Waals surface area contributed by atoms with Crippen molar-refractivity contribution in [2.24, 2.45) is 0 Å². The van der Waals surface area contributed by atoms with Crippen molar-refractivity contribution in [3.63, 3.8) is 0 Å². The third kappa shape index (κ3) is 2.54. The summed E-state index contributed by atoms with van der Waals surface area (Å²) in [7, 11) is 0. The van der Waals surface area contributed by atoms with Crippen LogP contribution in [0, 0.1) is 5.82 Å². The van der Waals surface area contributed by atoms with Crippen molar-refractivity contribution < 1.29 is 9.18 Å². The first-order valence-electron chi connectivity index (χ1n) is 7.40. The fraction of sp³-hybridized carbons (Fsp3) is 0. The molecule has 1 N–H and O–H groups in total. The second kappa shape index (κ2) is 5.66. The summed E-state index contributed by atoms with van der Waals surface area (Å²) in [4.78, 5) is 12.3. The van der Waals surface area contributed by atoms with Gasteiger partial charge in [0.25, 0.3) is 5.91 Å². The van der Waals surface area contributed by atoms with Crippen molar-refractivity contribution >= 4 is 17.1 Å². The second-order valence-corrected chi connectivity index (χ2v) is 5.29. The van der Waals surface area contributed by atoms with Crippen LogP contribution < -0.4 is 5.32 Å². The molecule has 6 heteroatoms. The Morgan fingerprint density at radius 3 is 2.62 bits per heavy atom. The number of halogens is 1. The normalized spacial score (nSPS) is 10.9. The number of benzene rings is 1. The van der Waals surface area contributed by atoms with Crippen LogP contribution in [0.2, 0.25) is 0 Å². The number of aromatic nitrogens is 3. The number of amides is 1. The van der Waals surface area contributed by atoms with Crippen molar-refractivity contribution in [2.45, 2.75) is 0 Å². The first kappa shape index (κ1) is 14.2. The highest BCUT2D eigenvalue weighted by atomic mass is 19.1. The lowest BCUT2D eigenvalue weighted by molar-refractivity contribution is 0.102. The zero-order chi connectivity index (χ0) is 16.5. The first-order chi connectivity index (χ1) is 11.7. The Labute approximate surface area is 137 Å². The van der Waals surface area contributed by atoms with E-state index in [1.165, 1.54) is 24.3 Å². The van der Waals surface area contributed by atoms with Crippen molar-refractivity contribution in [1.29, 1.82) is 0 Å². The summed E-state index contributed by atoms with van der Waals surface area (Å²) in [6, 6.07) is 17.0. The molecule has 0 aliphatic carbocycles. The molecule has 3 heterocycles. The maximum atomic E-state index is 12.9. The Morgan fingerprint density at radius 2 is 1.79 bits per heavy atom. The van der Waals surface area contributed by atoms with Gasteiger partial charge in [0.2, 0.25) is 0 Å². The summed E-state index contributed by atoms with van der Waals surface area (Å²) in [5.74, 6) is 0.144. The molecule has 1 amide bonds. The summed E-state index contributed by atoms with van der Waals surface area (Å²) < 4.78 is 16.5. The second-order valence-electron chi connectivity index (χ2n) is 5.29. The van der Waals surface area contributed by atoms with Gasteiger partial charge >= 0.3 is 0 Å². The molecule has 3 aromatic heterocycles. The standard InChI is InChI=1S/C18H13FN4O/c19-13-4-6-14(7-5-13)20-18(24)16-10-12-23(21-16)17-9-8-15-3-1-2-11-22(15)17/h1-12H,(H,20,24). The molecule has 24 heavy (non-hydrogen) atoms. The number of nitrogens with zero attached hydrogens (tertiary/aromatic N) is 3. The molecule has 0 bridgehead atoms. The summed E-state index contributed by atoms with van der Waals surface area (Å²) in [5, 5.41) is 7.02. The number of carbonyl (C=O) groups is 1. The zero-order valence-corrected chi connectivity index (χ0v) is 12.6. The summed E-state index contributed by atoms with van der Waals surface area (Å²) >= 11 is 0. The van der Waals surface area contributed by atoms with E-state index < -0.39 is 0 Å². The Hall–Kier alpha value is -3.41. The van der Waals surface area contributed by atoms with E-state index in [4.69, 9.17) is 0 Å². The van der Waals surface area contributed by atoms with E-state index in [1.54, 1.807) is 16.9 Å². The molecule has 0 atom stereocenters. The van der Waals surface area contributed by atoms with Gasteiger partial charge in [0.1, 0.15) is 11.6 Å². The molecular weight excluding hydrogens is 307 g/mol. The van der Waals surface area contributed by atoms with Crippen molar-refractivity contribution in [1.82, 2.24) is 14.2 Å². The van der Waals surface area contributed by atoms with Gasteiger partial charge in [-0.2, -0.15) is 5.10 Å². The van der Waals surface area contributed by atoms with Crippen molar-refractivity contribution in [3.05, 3.63) is 84.6 Å². The monoisotopic (exact) mass is 320 g/mol. The Bertz CT molecular complexity index is 1020. The van der Waals surface area contributed by atoms with Crippen LogP contribution in [0.3, 0.4) is 0 Å². The van der Waals surface area contributed by atoms with Gasteiger partial charge < -0.3 is 9.72 Å². The van der Waals surface area contributed by atoms with Gasteiger partial charge in [0.05, 0.1) is 0 Å². The van der Waals surface area contributed by atoms with Gasteiger partial charge in [-0.05, 0) is 54.6 Å². The molecule has 5 nitrogen and oxygen atoms in total. The minimum Gasteiger partial charge on any atom is -0.321 e. The van der Waals surface area contributed by atoms with Gasteiger partial charge in [0.15, 0.2) is 5.69 Å². The topological polar surface area (TPSA) is 51.3 Å². The fourth-order valence-corrected chi connectivity index (χ4v) is 2.53. The maximum Gasteiger partial charge on any atom is 0.276 e. The van der Waals surface area contributed by atoms with E-state index in [0.717, 1.165) is 11.3 Å². The lowest BCUT2D eigenvalue weighted by Gasteiger charge is -2.04. The highest BCUT2D eigenvalue weighted by Gasteiger charge is 2.12. The van der Waals surface area contributed by atoms with Crippen LogP contribution >= 0.6 is 0 Å². The summed E-state index contributed by atoms with van der Waals surface area (Å²) in [6.45, 7) is 0. The predicted molar refractivity (Wildman–Crippen MR) is 88.9 cm³/mol. The lowest BCUT2D eigenvalue weighted by atomic mass is 10.3. The number of anilines is 1. The minimum absolute atomic E-state index is 0.283. The minimum atomic E-state index is -0.350. The largest absolute Gasteiger partial charge is 0.321 e. The molecule has 1 aromatic carbocycles. The number of nitrogens with one attached hydrogen (secondary N) is 1. The Morgan fingerprint density at radius 1 is 0.958 bits per heavy atom. The van der Waals surface area contributed by atoms with Crippen LogP contribution in [-0.2, 0) is 0 Å². The number of carbonyl (C=O) groups excluding carboxylic acids is 1. The predicted octanol–water partition coefficient (Wildman–Crippen LogP) is 3.52. The molecule has 118 valence electrons. The maximum absolute atomic E-state index is 12.9. The van der Waals surface area contributed by atoms with E-state index in [9.17, 15) is 9.18 Å². The molecule has 0 saturated carbocycles. The fourth-order valence-electron chi connectivity index (χ4n) is 2.53. The molecule has 0 aliphatic heterocycles. The number of rotatable bonds is 3. The number of fused-ring (bicyclic) bond motifs is 1. The molecule has 0 unspecified atom stereocenters. The van der Waals surface area contributed by atoms with Crippen molar-refractivity contribution in [3.8, 4) is 5.82 Å². The average molecular weight is 320 g/mol. The number of hydrogen-bond donors (Lipinski definition) is 1. The molecule has 0 fully saturated rings. The molecular formula is C18H13FN4O. The van der Waals surface area contributed by atoms with Crippen LogP contribution in [0.25, 0.3) is 11.3 Å². The quantitative estimate of drug-likeness (QED) is 0.628. The SMILES string of the molecule is O=C(Nc1ccc(F)cc1)c1ccn(-c2ccc3ccccn23)n1. The van der Waals surface area contributed by atoms with Crippen LogP contribution in [0.15, 0.2) is 73.1 Å². The van der Waals surface area contributed by atoms with E-state index in [2.05, 4.69) is 10.4 Å². The van der Waals surface area contributed by atoms with E-state index >= 15 is 0 Å². The molecule has 0 saturated heterocycles. The number of pyridine rings is 1. The van der Waals surface area contributed by atoms with E-state index in [1.807, 2.05) is 40.9 Å². The van der Waals surface area contributed by atoms with Crippen LogP contribution in [0.4, 0.5) is 10.1 Å². The van der Waals surface area contributed by atoms with Gasteiger partial charge in [-0.3, -0.25) is 4.79 Å². The van der Waals surface area contributed by atoms with Crippen LogP contribution in [0.1, 0.15) is 10.5 Å². The zero-order valence-electron chi connectivity index (χ0n) is 12.6. The first-order valence-corrected chi connectivity index (χ1v) is 7.40.